The van der Waals surface area contributed by atoms with Crippen molar-refractivity contribution in [1.82, 2.24) is 9.88 Å². The van der Waals surface area contributed by atoms with E-state index in [-0.39, 0.29) is 0 Å². The second kappa shape index (κ2) is 9.61. The Morgan fingerprint density at radius 2 is 1.67 bits per heavy atom. The van der Waals surface area contributed by atoms with Crippen LogP contribution in [0.3, 0.4) is 0 Å². The number of benzene rings is 2. The molecule has 2 aromatic carbocycles. The van der Waals surface area contributed by atoms with E-state index in [4.69, 9.17) is 4.74 Å². The van der Waals surface area contributed by atoms with E-state index in [9.17, 15) is 0 Å². The Morgan fingerprint density at radius 3 is 2.37 bits per heavy atom. The molecule has 0 bridgehead atoms. The number of rotatable bonds is 5. The summed E-state index contributed by atoms with van der Waals surface area (Å²) < 4.78 is 5.98. The summed E-state index contributed by atoms with van der Waals surface area (Å²) in [5, 5.41) is 0. The average Bonchev–Trinajstić information content (AvgIpc) is 3.28. The molecule has 0 saturated carbocycles. The zero-order valence-electron chi connectivity index (χ0n) is 17.8. The molecular formula is C27H28N2O. The molecule has 1 aliphatic rings. The van der Waals surface area contributed by atoms with Crippen LogP contribution in [0.25, 0.3) is 11.1 Å². The Balaban J connectivity index is 1.37. The summed E-state index contributed by atoms with van der Waals surface area (Å²) in [4.78, 5) is 6.97. The van der Waals surface area contributed by atoms with Crippen LogP contribution >= 0.6 is 0 Å². The smallest absolute Gasteiger partial charge is 0.122 e. The van der Waals surface area contributed by atoms with E-state index < -0.39 is 0 Å². The number of likely N-dealkylation sites (tertiary alicyclic amines) is 1. The van der Waals surface area contributed by atoms with Gasteiger partial charge in [-0.1, -0.05) is 41.8 Å². The zero-order chi connectivity index (χ0) is 20.8. The summed E-state index contributed by atoms with van der Waals surface area (Å²) in [6, 6.07) is 18.7. The number of nitrogens with zero attached hydrogens (tertiary/aromatic N) is 2. The predicted molar refractivity (Wildman–Crippen MR) is 123 cm³/mol. The molecule has 3 nitrogen and oxygen atoms in total. The van der Waals surface area contributed by atoms with E-state index in [1.54, 1.807) is 0 Å². The molecule has 0 unspecified atom stereocenters. The van der Waals surface area contributed by atoms with Crippen LogP contribution in [0.1, 0.15) is 35.2 Å². The maximum Gasteiger partial charge on any atom is 0.122 e. The van der Waals surface area contributed by atoms with Crippen molar-refractivity contribution >= 4 is 0 Å². The fourth-order valence-electron chi connectivity index (χ4n) is 3.70. The third kappa shape index (κ3) is 5.28. The molecule has 1 saturated heterocycles. The molecule has 0 atom stereocenters. The van der Waals surface area contributed by atoms with Gasteiger partial charge in [-0.25, -0.2) is 4.98 Å². The van der Waals surface area contributed by atoms with Crippen LogP contribution in [-0.4, -0.2) is 36.1 Å². The van der Waals surface area contributed by atoms with Crippen LogP contribution in [0.2, 0.25) is 0 Å². The summed E-state index contributed by atoms with van der Waals surface area (Å²) in [5.41, 5.74) is 6.40. The summed E-state index contributed by atoms with van der Waals surface area (Å²) in [6.07, 6.45) is 4.52. The zero-order valence-corrected chi connectivity index (χ0v) is 17.8. The Labute approximate surface area is 179 Å². The number of hydrogen-bond donors (Lipinski definition) is 0. The first-order valence-electron chi connectivity index (χ1n) is 10.7. The van der Waals surface area contributed by atoms with E-state index in [1.165, 1.54) is 37.1 Å². The predicted octanol–water partition coefficient (Wildman–Crippen LogP) is 5.24. The Bertz CT molecular complexity index is 1040. The minimum atomic E-state index is 0.739. The highest BCUT2D eigenvalue weighted by molar-refractivity contribution is 5.63. The molecule has 0 radical (unpaired) electrons. The Kier molecular flexibility index (Phi) is 6.47. The van der Waals surface area contributed by atoms with Crippen LogP contribution in [0.5, 0.6) is 5.75 Å². The molecule has 0 aliphatic carbocycles. The van der Waals surface area contributed by atoms with E-state index >= 15 is 0 Å². The van der Waals surface area contributed by atoms with Crippen molar-refractivity contribution in [1.29, 1.82) is 0 Å². The monoisotopic (exact) mass is 396 g/mol. The summed E-state index contributed by atoms with van der Waals surface area (Å²) >= 11 is 0. The molecule has 1 aromatic heterocycles. The highest BCUT2D eigenvalue weighted by Gasteiger charge is 2.11. The van der Waals surface area contributed by atoms with Gasteiger partial charge in [0.2, 0.25) is 0 Å². The third-order valence-electron chi connectivity index (χ3n) is 5.52. The lowest BCUT2D eigenvalue weighted by Crippen LogP contribution is -2.25. The highest BCUT2D eigenvalue weighted by Crippen LogP contribution is 2.20. The van der Waals surface area contributed by atoms with Gasteiger partial charge in [0, 0.05) is 23.9 Å². The van der Waals surface area contributed by atoms with Crippen LogP contribution in [0, 0.1) is 25.7 Å². The SMILES string of the molecule is Cc1ccc(-c2ccc(C#Cc3ccc(OCCN4CCCC4)c(C)c3)nc2)cc1. The molecular weight excluding hydrogens is 368 g/mol. The first-order chi connectivity index (χ1) is 14.7. The maximum absolute atomic E-state index is 5.98. The third-order valence-corrected chi connectivity index (χ3v) is 5.52. The van der Waals surface area contributed by atoms with E-state index in [2.05, 4.69) is 72.0 Å². The molecule has 0 spiro atoms. The quantitative estimate of drug-likeness (QED) is 0.552. The summed E-state index contributed by atoms with van der Waals surface area (Å²) in [7, 11) is 0. The second-order valence-corrected chi connectivity index (χ2v) is 7.93. The fraction of sp³-hybridized carbons (Fsp3) is 0.296. The van der Waals surface area contributed by atoms with Crippen LogP contribution < -0.4 is 4.74 Å². The molecule has 0 amide bonds. The maximum atomic E-state index is 5.98. The van der Waals surface area contributed by atoms with E-state index in [0.29, 0.717) is 0 Å². The van der Waals surface area contributed by atoms with Crippen molar-refractivity contribution in [2.75, 3.05) is 26.2 Å². The van der Waals surface area contributed by atoms with E-state index in [0.717, 1.165) is 41.3 Å². The lowest BCUT2D eigenvalue weighted by atomic mass is 10.1. The minimum absolute atomic E-state index is 0.739. The molecule has 3 heteroatoms. The lowest BCUT2D eigenvalue weighted by molar-refractivity contribution is 0.237. The lowest BCUT2D eigenvalue weighted by Gasteiger charge is -2.15. The van der Waals surface area contributed by atoms with Crippen LogP contribution in [0.4, 0.5) is 0 Å². The fourth-order valence-corrected chi connectivity index (χ4v) is 3.70. The molecule has 3 aromatic rings. The first-order valence-corrected chi connectivity index (χ1v) is 10.7. The van der Waals surface area contributed by atoms with Gasteiger partial charge < -0.3 is 4.74 Å². The second-order valence-electron chi connectivity index (χ2n) is 7.93. The molecule has 152 valence electrons. The Hall–Kier alpha value is -3.09. The molecule has 0 N–H and O–H groups in total. The van der Waals surface area contributed by atoms with Gasteiger partial charge in [0.15, 0.2) is 0 Å². The largest absolute Gasteiger partial charge is 0.492 e. The van der Waals surface area contributed by atoms with Crippen molar-refractivity contribution in [3.63, 3.8) is 0 Å². The molecule has 1 aliphatic heterocycles. The van der Waals surface area contributed by atoms with Gasteiger partial charge in [-0.15, -0.1) is 0 Å². The topological polar surface area (TPSA) is 25.4 Å². The van der Waals surface area contributed by atoms with Crippen molar-refractivity contribution in [3.05, 3.63) is 83.2 Å². The number of aromatic nitrogens is 1. The molecule has 2 heterocycles. The molecule has 4 rings (SSSR count). The number of hydrogen-bond acceptors (Lipinski definition) is 3. The van der Waals surface area contributed by atoms with Crippen molar-refractivity contribution in [2.24, 2.45) is 0 Å². The van der Waals surface area contributed by atoms with E-state index in [1.807, 2.05) is 24.4 Å². The van der Waals surface area contributed by atoms with Gasteiger partial charge in [0.25, 0.3) is 0 Å². The number of aryl methyl sites for hydroxylation is 2. The summed E-state index contributed by atoms with van der Waals surface area (Å²) in [6.45, 7) is 8.32. The van der Waals surface area contributed by atoms with Gasteiger partial charge in [-0.05, 0) is 81.1 Å². The normalized spacial score (nSPS) is 13.7. The number of pyridine rings is 1. The van der Waals surface area contributed by atoms with Crippen molar-refractivity contribution in [3.8, 4) is 28.7 Å². The summed E-state index contributed by atoms with van der Waals surface area (Å²) in [5.74, 6) is 7.33. The van der Waals surface area contributed by atoms with Crippen molar-refractivity contribution < 1.29 is 4.74 Å². The van der Waals surface area contributed by atoms with Crippen LogP contribution in [0.15, 0.2) is 60.8 Å². The minimum Gasteiger partial charge on any atom is -0.492 e. The number of ether oxygens (including phenoxy) is 1. The average molecular weight is 397 g/mol. The van der Waals surface area contributed by atoms with Gasteiger partial charge >= 0.3 is 0 Å². The van der Waals surface area contributed by atoms with Gasteiger partial charge in [0.05, 0.1) is 0 Å². The van der Waals surface area contributed by atoms with Gasteiger partial charge in [0.1, 0.15) is 18.1 Å². The highest BCUT2D eigenvalue weighted by atomic mass is 16.5. The van der Waals surface area contributed by atoms with Crippen LogP contribution in [-0.2, 0) is 0 Å². The Morgan fingerprint density at radius 1 is 0.900 bits per heavy atom. The first kappa shape index (κ1) is 20.2. The molecule has 1 fully saturated rings. The van der Waals surface area contributed by atoms with Gasteiger partial charge in [-0.3, -0.25) is 4.90 Å². The standard InChI is InChI=1S/C27H28N2O/c1-21-5-9-24(10-6-21)25-11-13-26(28-20-25)12-7-23-8-14-27(22(2)19-23)30-18-17-29-15-3-4-16-29/h5-6,8-11,13-14,19-20H,3-4,15-18H2,1-2H3. The van der Waals surface area contributed by atoms with Gasteiger partial charge in [-0.2, -0.15) is 0 Å². The molecule has 30 heavy (non-hydrogen) atoms. The van der Waals surface area contributed by atoms with Crippen molar-refractivity contribution in [2.45, 2.75) is 26.7 Å².